The molecule has 132 valence electrons. The molecule has 0 aliphatic carbocycles. The zero-order chi connectivity index (χ0) is 18.7. The molecule has 1 N–H and O–H groups in total. The Morgan fingerprint density at radius 1 is 1.15 bits per heavy atom. The van der Waals surface area contributed by atoms with Gasteiger partial charge in [0.25, 0.3) is 5.91 Å². The molecule has 1 amide bonds. The number of carbonyl (C=O) groups excluding carboxylic acids is 1. The van der Waals surface area contributed by atoms with Gasteiger partial charge in [-0.25, -0.2) is 4.79 Å². The second kappa shape index (κ2) is 7.41. The maximum atomic E-state index is 12.7. The third-order valence-electron chi connectivity index (χ3n) is 3.90. The number of hydrogen-bond acceptors (Lipinski definition) is 4. The monoisotopic (exact) mass is 370 g/mol. The van der Waals surface area contributed by atoms with Gasteiger partial charge in [-0.3, -0.25) is 9.78 Å². The molecule has 0 bridgehead atoms. The second-order valence-corrected chi connectivity index (χ2v) is 5.99. The first-order chi connectivity index (χ1) is 12.5. The van der Waals surface area contributed by atoms with Gasteiger partial charge in [-0.15, -0.1) is 0 Å². The summed E-state index contributed by atoms with van der Waals surface area (Å²) in [5.41, 5.74) is 1.05. The maximum absolute atomic E-state index is 12.7. The summed E-state index contributed by atoms with van der Waals surface area (Å²) in [5, 5.41) is 10.0. The molecule has 0 fully saturated rings. The van der Waals surface area contributed by atoms with E-state index in [1.165, 1.54) is 25.5 Å². The maximum Gasteiger partial charge on any atom is 0.331 e. The fourth-order valence-electron chi connectivity index (χ4n) is 2.62. The molecule has 0 saturated carbocycles. The molecular formula is C19H15ClN2O4. The Morgan fingerprint density at radius 3 is 2.58 bits per heavy atom. The highest BCUT2D eigenvalue weighted by Gasteiger charge is 2.30. The van der Waals surface area contributed by atoms with Gasteiger partial charge in [0.05, 0.1) is 5.02 Å². The first-order valence-electron chi connectivity index (χ1n) is 7.73. The molecule has 7 heteroatoms. The van der Waals surface area contributed by atoms with Crippen molar-refractivity contribution >= 4 is 23.5 Å². The number of furan rings is 1. The third kappa shape index (κ3) is 3.45. The van der Waals surface area contributed by atoms with E-state index in [4.69, 9.17) is 16.0 Å². The van der Waals surface area contributed by atoms with Gasteiger partial charge in [-0.05, 0) is 30.3 Å². The average Bonchev–Trinajstić information content (AvgIpc) is 3.12. The molecule has 0 aliphatic rings. The van der Waals surface area contributed by atoms with Crippen molar-refractivity contribution in [2.24, 2.45) is 0 Å². The molecule has 0 spiro atoms. The number of aromatic nitrogens is 1. The van der Waals surface area contributed by atoms with Crippen molar-refractivity contribution in [2.75, 3.05) is 7.05 Å². The van der Waals surface area contributed by atoms with E-state index in [1.807, 2.05) is 0 Å². The Labute approximate surface area is 154 Å². The van der Waals surface area contributed by atoms with Crippen molar-refractivity contribution in [3.63, 3.8) is 0 Å². The number of hydrogen-bond donors (Lipinski definition) is 1. The number of carboxylic acids is 1. The van der Waals surface area contributed by atoms with Crippen molar-refractivity contribution in [3.05, 3.63) is 77.3 Å². The highest BCUT2D eigenvalue weighted by Crippen LogP contribution is 2.30. The predicted molar refractivity (Wildman–Crippen MR) is 95.9 cm³/mol. The summed E-state index contributed by atoms with van der Waals surface area (Å²) in [4.78, 5) is 29.4. The first kappa shape index (κ1) is 17.7. The van der Waals surface area contributed by atoms with Crippen molar-refractivity contribution in [3.8, 4) is 11.3 Å². The van der Waals surface area contributed by atoms with Crippen LogP contribution in [-0.2, 0) is 4.79 Å². The molecule has 2 heterocycles. The molecule has 0 radical (unpaired) electrons. The van der Waals surface area contributed by atoms with E-state index in [0.29, 0.717) is 21.9 Å². The molecule has 1 atom stereocenters. The number of pyridine rings is 1. The van der Waals surface area contributed by atoms with Gasteiger partial charge in [0.1, 0.15) is 5.76 Å². The number of rotatable bonds is 5. The predicted octanol–water partition coefficient (Wildman–Crippen LogP) is 3.89. The van der Waals surface area contributed by atoms with Gasteiger partial charge in [0.15, 0.2) is 11.8 Å². The molecule has 1 aromatic carbocycles. The second-order valence-electron chi connectivity index (χ2n) is 5.59. The quantitative estimate of drug-likeness (QED) is 0.736. The minimum Gasteiger partial charge on any atom is -0.479 e. The molecular weight excluding hydrogens is 356 g/mol. The molecule has 0 unspecified atom stereocenters. The SMILES string of the molecule is CN(C(=O)c1ccc(-c2ccccc2Cl)o1)[C@H](C(=O)O)c1cccnc1. The van der Waals surface area contributed by atoms with E-state index in [1.54, 1.807) is 42.5 Å². The van der Waals surface area contributed by atoms with Crippen molar-refractivity contribution in [1.82, 2.24) is 9.88 Å². The molecule has 2 aromatic heterocycles. The Balaban J connectivity index is 1.89. The number of amides is 1. The fourth-order valence-corrected chi connectivity index (χ4v) is 2.85. The Hall–Kier alpha value is -3.12. The standard InChI is InChI=1S/C19H15ClN2O4/c1-22(17(19(24)25)12-5-4-10-21-11-12)18(23)16-9-8-15(26-16)13-6-2-3-7-14(13)20/h2-11,17H,1H3,(H,24,25)/t17-/m0/s1. The van der Waals surface area contributed by atoms with E-state index in [9.17, 15) is 14.7 Å². The topological polar surface area (TPSA) is 83.6 Å². The van der Waals surface area contributed by atoms with Crippen molar-refractivity contribution in [2.45, 2.75) is 6.04 Å². The minimum absolute atomic E-state index is 0.0255. The number of benzene rings is 1. The minimum atomic E-state index is -1.18. The van der Waals surface area contributed by atoms with Gasteiger partial charge in [0, 0.05) is 30.6 Å². The lowest BCUT2D eigenvalue weighted by molar-refractivity contribution is -0.142. The highest BCUT2D eigenvalue weighted by atomic mass is 35.5. The van der Waals surface area contributed by atoms with Gasteiger partial charge in [0.2, 0.25) is 0 Å². The summed E-state index contributed by atoms with van der Waals surface area (Å²) in [6, 6.07) is 12.3. The van der Waals surface area contributed by atoms with Crippen LogP contribution in [0.2, 0.25) is 5.02 Å². The number of likely N-dealkylation sites (N-methyl/N-ethyl adjacent to an activating group) is 1. The van der Waals surface area contributed by atoms with E-state index in [2.05, 4.69) is 4.98 Å². The number of aliphatic carboxylic acids is 1. The van der Waals surface area contributed by atoms with Crippen LogP contribution < -0.4 is 0 Å². The number of nitrogens with zero attached hydrogens (tertiary/aromatic N) is 2. The van der Waals surface area contributed by atoms with Crippen LogP contribution in [0.15, 0.2) is 65.3 Å². The highest BCUT2D eigenvalue weighted by molar-refractivity contribution is 6.33. The Morgan fingerprint density at radius 2 is 1.92 bits per heavy atom. The summed E-state index contributed by atoms with van der Waals surface area (Å²) in [5.74, 6) is -1.26. The smallest absolute Gasteiger partial charge is 0.331 e. The first-order valence-corrected chi connectivity index (χ1v) is 8.11. The molecule has 6 nitrogen and oxygen atoms in total. The van der Waals surface area contributed by atoms with Crippen LogP contribution in [0.3, 0.4) is 0 Å². The molecule has 26 heavy (non-hydrogen) atoms. The summed E-state index contributed by atoms with van der Waals surface area (Å²) in [6.07, 6.45) is 2.95. The number of halogens is 1. The van der Waals surface area contributed by atoms with Crippen LogP contribution in [0.25, 0.3) is 11.3 Å². The molecule has 0 saturated heterocycles. The van der Waals surface area contributed by atoms with Gasteiger partial charge in [-0.2, -0.15) is 0 Å². The van der Waals surface area contributed by atoms with Gasteiger partial charge in [-0.1, -0.05) is 29.8 Å². The zero-order valence-electron chi connectivity index (χ0n) is 13.8. The average molecular weight is 371 g/mol. The van der Waals surface area contributed by atoms with E-state index < -0.39 is 17.9 Å². The van der Waals surface area contributed by atoms with Crippen LogP contribution in [0.4, 0.5) is 0 Å². The van der Waals surface area contributed by atoms with Crippen LogP contribution in [-0.4, -0.2) is 33.9 Å². The lowest BCUT2D eigenvalue weighted by Crippen LogP contribution is -2.35. The molecule has 3 rings (SSSR count). The van der Waals surface area contributed by atoms with Crippen LogP contribution >= 0.6 is 11.6 Å². The lowest BCUT2D eigenvalue weighted by atomic mass is 10.1. The normalized spacial score (nSPS) is 11.8. The van der Waals surface area contributed by atoms with E-state index >= 15 is 0 Å². The van der Waals surface area contributed by atoms with Gasteiger partial charge >= 0.3 is 5.97 Å². The Kier molecular flexibility index (Phi) is 5.04. The molecule has 3 aromatic rings. The van der Waals surface area contributed by atoms with E-state index in [0.717, 1.165) is 4.90 Å². The van der Waals surface area contributed by atoms with Crippen LogP contribution in [0, 0.1) is 0 Å². The lowest BCUT2D eigenvalue weighted by Gasteiger charge is -2.24. The summed E-state index contributed by atoms with van der Waals surface area (Å²) in [6.45, 7) is 0. The zero-order valence-corrected chi connectivity index (χ0v) is 14.6. The van der Waals surface area contributed by atoms with Crippen molar-refractivity contribution < 1.29 is 19.1 Å². The van der Waals surface area contributed by atoms with E-state index in [-0.39, 0.29) is 5.76 Å². The number of carboxylic acid groups (broad SMARTS) is 1. The third-order valence-corrected chi connectivity index (χ3v) is 4.23. The summed E-state index contributed by atoms with van der Waals surface area (Å²) >= 11 is 6.14. The molecule has 0 aliphatic heterocycles. The van der Waals surface area contributed by atoms with Crippen LogP contribution in [0.5, 0.6) is 0 Å². The largest absolute Gasteiger partial charge is 0.479 e. The Bertz CT molecular complexity index is 939. The van der Waals surface area contributed by atoms with Crippen molar-refractivity contribution in [1.29, 1.82) is 0 Å². The summed E-state index contributed by atoms with van der Waals surface area (Å²) in [7, 11) is 1.41. The fraction of sp³-hybridized carbons (Fsp3) is 0.105. The van der Waals surface area contributed by atoms with Gasteiger partial charge < -0.3 is 14.4 Å². The number of carbonyl (C=O) groups is 2. The van der Waals surface area contributed by atoms with Crippen LogP contribution in [0.1, 0.15) is 22.2 Å². The summed E-state index contributed by atoms with van der Waals surface area (Å²) < 4.78 is 5.62.